The number of rotatable bonds is 6. The van der Waals surface area contributed by atoms with Gasteiger partial charge in [0.25, 0.3) is 5.91 Å². The second-order valence-electron chi connectivity index (χ2n) is 6.13. The molecule has 1 unspecified atom stereocenters. The van der Waals surface area contributed by atoms with Gasteiger partial charge in [-0.3, -0.25) is 4.79 Å². The van der Waals surface area contributed by atoms with Crippen LogP contribution in [0.3, 0.4) is 0 Å². The molecular weight excluding hydrogens is 359 g/mol. The predicted molar refractivity (Wildman–Crippen MR) is 95.2 cm³/mol. The molecule has 1 saturated heterocycles. The van der Waals surface area contributed by atoms with Gasteiger partial charge in [0.2, 0.25) is 0 Å². The topological polar surface area (TPSA) is 101 Å². The minimum absolute atomic E-state index is 0.0441. The number of anilines is 1. The van der Waals surface area contributed by atoms with E-state index in [1.807, 2.05) is 0 Å². The Morgan fingerprint density at radius 1 is 1.27 bits per heavy atom. The maximum Gasteiger partial charge on any atom is 0.270 e. The maximum absolute atomic E-state index is 13.6. The van der Waals surface area contributed by atoms with Crippen LogP contribution in [0, 0.1) is 5.82 Å². The molecule has 0 aliphatic carbocycles. The third-order valence-corrected chi connectivity index (χ3v) is 5.89. The molecule has 0 radical (unpaired) electrons. The first-order valence-corrected chi connectivity index (χ1v) is 10.1. The first kappa shape index (κ1) is 18.2. The lowest BCUT2D eigenvalue weighted by atomic mass is 10.1. The molecule has 1 aliphatic rings. The van der Waals surface area contributed by atoms with E-state index in [1.54, 1.807) is 18.2 Å². The van der Waals surface area contributed by atoms with Crippen molar-refractivity contribution >= 4 is 21.6 Å². The fourth-order valence-electron chi connectivity index (χ4n) is 2.77. The van der Waals surface area contributed by atoms with Gasteiger partial charge in [-0.2, -0.15) is 0 Å². The van der Waals surface area contributed by atoms with E-state index < -0.39 is 15.7 Å². The van der Waals surface area contributed by atoms with E-state index in [1.165, 1.54) is 18.5 Å². The highest BCUT2D eigenvalue weighted by atomic mass is 32.2. The summed E-state index contributed by atoms with van der Waals surface area (Å²) in [6, 6.07) is 7.63. The Morgan fingerprint density at radius 2 is 2.08 bits per heavy atom. The normalized spacial score (nSPS) is 18.4. The molecule has 0 spiro atoms. The van der Waals surface area contributed by atoms with Crippen LogP contribution in [-0.4, -0.2) is 48.4 Å². The van der Waals surface area contributed by atoms with Crippen molar-refractivity contribution in [2.45, 2.75) is 18.9 Å². The van der Waals surface area contributed by atoms with Gasteiger partial charge in [0.1, 0.15) is 23.7 Å². The van der Waals surface area contributed by atoms with Crippen LogP contribution in [0.15, 0.2) is 36.7 Å². The lowest BCUT2D eigenvalue weighted by molar-refractivity contribution is 0.0936. The third-order valence-electron chi connectivity index (χ3n) is 4.13. The molecule has 2 heterocycles. The zero-order chi connectivity index (χ0) is 18.6. The van der Waals surface area contributed by atoms with E-state index in [4.69, 9.17) is 0 Å². The van der Waals surface area contributed by atoms with E-state index in [9.17, 15) is 17.6 Å². The lowest BCUT2D eigenvalue weighted by Crippen LogP contribution is -2.36. The Balaban J connectivity index is 1.56. The second kappa shape index (κ2) is 7.77. The lowest BCUT2D eigenvalue weighted by Gasteiger charge is -2.11. The van der Waals surface area contributed by atoms with E-state index in [0.29, 0.717) is 30.8 Å². The fourth-order valence-corrected chi connectivity index (χ4v) is 4.45. The van der Waals surface area contributed by atoms with Gasteiger partial charge in [-0.15, -0.1) is 0 Å². The summed E-state index contributed by atoms with van der Waals surface area (Å²) in [7, 11) is -3.06. The van der Waals surface area contributed by atoms with Crippen LogP contribution in [0.2, 0.25) is 0 Å². The van der Waals surface area contributed by atoms with Gasteiger partial charge >= 0.3 is 0 Å². The molecule has 1 atom stereocenters. The molecule has 2 aromatic rings. The van der Waals surface area contributed by atoms with Crippen LogP contribution in [0.4, 0.5) is 10.2 Å². The number of nitrogens with one attached hydrogen (secondary N) is 2. The van der Waals surface area contributed by atoms with Gasteiger partial charge in [0, 0.05) is 18.7 Å². The number of sulfone groups is 1. The van der Waals surface area contributed by atoms with Crippen molar-refractivity contribution in [3.63, 3.8) is 0 Å². The van der Waals surface area contributed by atoms with Crippen LogP contribution >= 0.6 is 0 Å². The average Bonchev–Trinajstić information content (AvgIpc) is 2.95. The highest BCUT2D eigenvalue weighted by molar-refractivity contribution is 7.91. The number of benzene rings is 1. The zero-order valence-electron chi connectivity index (χ0n) is 14.0. The van der Waals surface area contributed by atoms with Gasteiger partial charge in [-0.05, 0) is 24.5 Å². The average molecular weight is 378 g/mol. The number of hydrogen-bond donors (Lipinski definition) is 2. The second-order valence-corrected chi connectivity index (χ2v) is 8.36. The number of halogens is 1. The Morgan fingerprint density at radius 3 is 2.81 bits per heavy atom. The molecule has 0 saturated carbocycles. The quantitative estimate of drug-likeness (QED) is 0.783. The van der Waals surface area contributed by atoms with Crippen molar-refractivity contribution in [1.29, 1.82) is 0 Å². The molecule has 138 valence electrons. The number of hydrogen-bond acceptors (Lipinski definition) is 6. The number of aromatic nitrogens is 2. The maximum atomic E-state index is 13.6. The molecule has 1 amide bonds. The summed E-state index contributed by atoms with van der Waals surface area (Å²) < 4.78 is 36.5. The summed E-state index contributed by atoms with van der Waals surface area (Å²) in [5, 5.41) is 5.71. The van der Waals surface area contributed by atoms with E-state index in [0.717, 1.165) is 0 Å². The molecule has 26 heavy (non-hydrogen) atoms. The van der Waals surface area contributed by atoms with Crippen molar-refractivity contribution in [3.05, 3.63) is 53.7 Å². The number of amides is 1. The van der Waals surface area contributed by atoms with Crippen molar-refractivity contribution < 1.29 is 17.6 Å². The highest BCUT2D eigenvalue weighted by Gasteiger charge is 2.29. The van der Waals surface area contributed by atoms with Crippen LogP contribution in [0.25, 0.3) is 0 Å². The number of carbonyl (C=O) groups excluding carboxylic acids is 1. The molecule has 1 fully saturated rings. The molecule has 0 bridgehead atoms. The zero-order valence-corrected chi connectivity index (χ0v) is 14.8. The van der Waals surface area contributed by atoms with Crippen LogP contribution in [0.5, 0.6) is 0 Å². The minimum atomic E-state index is -3.06. The van der Waals surface area contributed by atoms with E-state index in [2.05, 4.69) is 20.6 Å². The molecule has 3 rings (SSSR count). The summed E-state index contributed by atoms with van der Waals surface area (Å²) in [5.41, 5.74) is 0.743. The summed E-state index contributed by atoms with van der Waals surface area (Å²) in [5.74, 6) is -0.210. The molecule has 1 aromatic heterocycles. The van der Waals surface area contributed by atoms with Crippen LogP contribution in [-0.2, 0) is 16.3 Å². The van der Waals surface area contributed by atoms with Crippen molar-refractivity contribution in [2.75, 3.05) is 23.4 Å². The number of nitrogens with zero attached hydrogens (tertiary/aromatic N) is 2. The molecule has 2 N–H and O–H groups in total. The van der Waals surface area contributed by atoms with Crippen LogP contribution < -0.4 is 10.6 Å². The molecule has 9 heteroatoms. The van der Waals surface area contributed by atoms with Gasteiger partial charge < -0.3 is 10.6 Å². The Hall–Kier alpha value is -2.55. The van der Waals surface area contributed by atoms with E-state index >= 15 is 0 Å². The van der Waals surface area contributed by atoms with Crippen molar-refractivity contribution in [1.82, 2.24) is 15.3 Å². The molecule has 1 aliphatic heterocycles. The fraction of sp³-hybridized carbons (Fsp3) is 0.353. The molecule has 1 aromatic carbocycles. The summed E-state index contributed by atoms with van der Waals surface area (Å²) in [6.45, 7) is 0.444. The highest BCUT2D eigenvalue weighted by Crippen LogP contribution is 2.13. The number of carbonyl (C=O) groups is 1. The molecule has 7 nitrogen and oxygen atoms in total. The van der Waals surface area contributed by atoms with Gasteiger partial charge in [0.15, 0.2) is 9.84 Å². The van der Waals surface area contributed by atoms with Crippen LogP contribution in [0.1, 0.15) is 22.5 Å². The van der Waals surface area contributed by atoms with Gasteiger partial charge in [-0.1, -0.05) is 18.2 Å². The Bertz CT molecular complexity index is 904. The van der Waals surface area contributed by atoms with Crippen molar-refractivity contribution in [2.24, 2.45) is 0 Å². The standard InChI is InChI=1S/C17H19FN4O3S/c18-14-4-2-1-3-12(14)5-7-19-16-9-15(20-11-21-16)17(23)22-13-6-8-26(24,25)10-13/h1-4,9,11,13H,5-8,10H2,(H,22,23)(H,19,20,21). The summed E-state index contributed by atoms with van der Waals surface area (Å²) in [6.07, 6.45) is 2.14. The largest absolute Gasteiger partial charge is 0.370 e. The first-order chi connectivity index (χ1) is 12.4. The first-order valence-electron chi connectivity index (χ1n) is 8.23. The van der Waals surface area contributed by atoms with E-state index in [-0.39, 0.29) is 29.1 Å². The molecular formula is C17H19FN4O3S. The Labute approximate surface area is 151 Å². The van der Waals surface area contributed by atoms with Gasteiger partial charge in [-0.25, -0.2) is 22.8 Å². The summed E-state index contributed by atoms with van der Waals surface area (Å²) >= 11 is 0. The predicted octanol–water partition coefficient (Wildman–Crippen LogP) is 1.19. The van der Waals surface area contributed by atoms with Crippen molar-refractivity contribution in [3.8, 4) is 0 Å². The Kier molecular flexibility index (Phi) is 5.46. The SMILES string of the molecule is O=C(NC1CCS(=O)(=O)C1)c1cc(NCCc2ccccc2F)ncn1. The monoisotopic (exact) mass is 378 g/mol. The third kappa shape index (κ3) is 4.75. The minimum Gasteiger partial charge on any atom is -0.370 e. The summed E-state index contributed by atoms with van der Waals surface area (Å²) in [4.78, 5) is 20.2. The van der Waals surface area contributed by atoms with Gasteiger partial charge in [0.05, 0.1) is 11.5 Å². The smallest absolute Gasteiger partial charge is 0.270 e.